The first-order valence-corrected chi connectivity index (χ1v) is 17.0. The van der Waals surface area contributed by atoms with Gasteiger partial charge < -0.3 is 4.67 Å². The lowest BCUT2D eigenvalue weighted by Crippen LogP contribution is -2.40. The molecule has 0 amide bonds. The lowest BCUT2D eigenvalue weighted by molar-refractivity contribution is 0.0599. The van der Waals surface area contributed by atoms with Gasteiger partial charge in [-0.1, -0.05) is 80.1 Å². The van der Waals surface area contributed by atoms with Crippen LogP contribution in [0.5, 0.6) is 0 Å². The Bertz CT molecular complexity index is 1630. The van der Waals surface area contributed by atoms with E-state index in [0.29, 0.717) is 17.9 Å². The fraction of sp³-hybridized carbons (Fsp3) is 0.351. The molecule has 2 nitrogen and oxygen atoms in total. The number of rotatable bonds is 3. The number of fused-ring (bicyclic) bond motifs is 8. The van der Waals surface area contributed by atoms with Crippen LogP contribution in [-0.4, -0.2) is 0 Å². The zero-order chi connectivity index (χ0) is 26.9. The molecule has 3 aliphatic carbocycles. The van der Waals surface area contributed by atoms with Gasteiger partial charge in [-0.2, -0.15) is 0 Å². The molecule has 202 valence electrons. The third-order valence-electron chi connectivity index (χ3n) is 11.0. The van der Waals surface area contributed by atoms with Crippen molar-refractivity contribution in [2.45, 2.75) is 64.3 Å². The van der Waals surface area contributed by atoms with Crippen molar-refractivity contribution in [1.29, 1.82) is 0 Å². The van der Waals surface area contributed by atoms with E-state index < -0.39 is 7.29 Å². The molecule has 0 spiro atoms. The van der Waals surface area contributed by atoms with Crippen LogP contribution in [0.2, 0.25) is 0 Å². The Balaban J connectivity index is 1.33. The maximum absolute atomic E-state index is 15.8. The van der Waals surface area contributed by atoms with Crippen LogP contribution in [0.3, 0.4) is 0 Å². The van der Waals surface area contributed by atoms with Crippen molar-refractivity contribution >= 4 is 23.6 Å². The second-order valence-corrected chi connectivity index (χ2v) is 15.7. The van der Waals surface area contributed by atoms with E-state index in [-0.39, 0.29) is 0 Å². The lowest BCUT2D eigenvalue weighted by Gasteiger charge is -2.50. The van der Waals surface area contributed by atoms with Crippen molar-refractivity contribution in [1.82, 2.24) is 0 Å². The highest BCUT2D eigenvalue weighted by atomic mass is 31.2. The Labute approximate surface area is 238 Å². The van der Waals surface area contributed by atoms with Crippen molar-refractivity contribution in [3.05, 3.63) is 114 Å². The molecule has 0 aromatic heterocycles. The van der Waals surface area contributed by atoms with E-state index in [1.54, 1.807) is 5.56 Å². The first kappa shape index (κ1) is 24.7. The summed E-state index contributed by atoms with van der Waals surface area (Å²) in [5.41, 5.74) is 8.27. The third-order valence-corrected chi connectivity index (χ3v) is 14.1. The summed E-state index contributed by atoms with van der Waals surface area (Å²) in [4.78, 5) is 0. The Morgan fingerprint density at radius 3 is 2.40 bits per heavy atom. The molecule has 1 heterocycles. The predicted octanol–water partition coefficient (Wildman–Crippen LogP) is 8.85. The number of hydrogen-bond acceptors (Lipinski definition) is 1. The minimum absolute atomic E-state index is 0.556. The molecule has 4 aromatic carbocycles. The first-order chi connectivity index (χ1) is 19.6. The van der Waals surface area contributed by atoms with E-state index in [9.17, 15) is 0 Å². The zero-order valence-electron chi connectivity index (χ0n) is 23.4. The van der Waals surface area contributed by atoms with Gasteiger partial charge in [-0.05, 0) is 114 Å². The summed E-state index contributed by atoms with van der Waals surface area (Å²) in [5, 5.41) is 1.96. The van der Waals surface area contributed by atoms with Crippen molar-refractivity contribution < 1.29 is 4.57 Å². The Hall–Kier alpha value is -3.09. The molecule has 0 bridgehead atoms. The molecular formula is C37H38NOP. The molecule has 3 heteroatoms. The van der Waals surface area contributed by atoms with Gasteiger partial charge >= 0.3 is 0 Å². The van der Waals surface area contributed by atoms with Gasteiger partial charge in [-0.25, -0.2) is 0 Å². The van der Waals surface area contributed by atoms with E-state index in [1.807, 2.05) is 18.2 Å². The van der Waals surface area contributed by atoms with Gasteiger partial charge in [0.15, 0.2) is 0 Å². The highest BCUT2D eigenvalue weighted by Crippen LogP contribution is 2.63. The minimum atomic E-state index is -3.14. The maximum atomic E-state index is 15.8. The molecule has 5 atom stereocenters. The number of benzene rings is 4. The van der Waals surface area contributed by atoms with Crippen LogP contribution >= 0.6 is 7.29 Å². The second kappa shape index (κ2) is 9.22. The van der Waals surface area contributed by atoms with Crippen molar-refractivity contribution in [2.24, 2.45) is 17.3 Å². The van der Waals surface area contributed by atoms with Crippen LogP contribution in [0.15, 0.2) is 97.1 Å². The predicted molar refractivity (Wildman–Crippen MR) is 167 cm³/mol. The fourth-order valence-electron chi connectivity index (χ4n) is 9.13. The van der Waals surface area contributed by atoms with E-state index in [0.717, 1.165) is 34.6 Å². The van der Waals surface area contributed by atoms with Gasteiger partial charge in [0.2, 0.25) is 7.29 Å². The molecule has 0 N–H and O–H groups in total. The lowest BCUT2D eigenvalue weighted by atomic mass is 9.56. The smallest absolute Gasteiger partial charge is 0.230 e. The fourth-order valence-corrected chi connectivity index (χ4v) is 12.2. The Morgan fingerprint density at radius 1 is 0.825 bits per heavy atom. The quantitative estimate of drug-likeness (QED) is 0.241. The summed E-state index contributed by atoms with van der Waals surface area (Å²) in [6.45, 7) is 3.20. The molecule has 2 saturated carbocycles. The van der Waals surface area contributed by atoms with Crippen LogP contribution < -0.4 is 15.3 Å². The average Bonchev–Trinajstić information content (AvgIpc) is 3.41. The summed E-state index contributed by atoms with van der Waals surface area (Å²) < 4.78 is 18.1. The normalized spacial score (nSPS) is 30.0. The molecule has 4 aromatic rings. The summed E-state index contributed by atoms with van der Waals surface area (Å²) in [5.74, 6) is 2.33. The van der Waals surface area contributed by atoms with Crippen LogP contribution in [0.4, 0.5) is 5.69 Å². The third kappa shape index (κ3) is 3.58. The summed E-state index contributed by atoms with van der Waals surface area (Å²) in [6.07, 6.45) is 9.32. The van der Waals surface area contributed by atoms with Crippen molar-refractivity contribution in [2.75, 3.05) is 4.67 Å². The van der Waals surface area contributed by atoms with Crippen LogP contribution in [0.25, 0.3) is 11.1 Å². The molecule has 2 fully saturated rings. The molecule has 1 aliphatic heterocycles. The maximum Gasteiger partial charge on any atom is 0.230 e. The van der Waals surface area contributed by atoms with Gasteiger partial charge in [-0.3, -0.25) is 4.57 Å². The van der Waals surface area contributed by atoms with Gasteiger partial charge in [0.1, 0.15) is 0 Å². The average molecular weight is 544 g/mol. The van der Waals surface area contributed by atoms with Gasteiger partial charge in [-0.15, -0.1) is 0 Å². The van der Waals surface area contributed by atoms with E-state index >= 15 is 4.57 Å². The van der Waals surface area contributed by atoms with E-state index in [4.69, 9.17) is 0 Å². The summed E-state index contributed by atoms with van der Waals surface area (Å²) >= 11 is 0. The van der Waals surface area contributed by atoms with Crippen molar-refractivity contribution in [3.63, 3.8) is 0 Å². The monoisotopic (exact) mass is 543 g/mol. The number of para-hydroxylation sites is 1. The molecule has 0 unspecified atom stereocenters. The Morgan fingerprint density at radius 2 is 1.57 bits per heavy atom. The SMILES string of the molecule is C[C@@]12CCC[C@H]1[C@@H]1CCc3cc4c(cc3[C@H]1CC2)-c1ccccc1N(Cc1ccccc1)[P@]4(=O)c1ccccc1. The molecule has 4 aliphatic rings. The summed E-state index contributed by atoms with van der Waals surface area (Å²) in [7, 11) is -3.14. The van der Waals surface area contributed by atoms with Gasteiger partial charge in [0.25, 0.3) is 0 Å². The number of hydrogen-bond donors (Lipinski definition) is 0. The topological polar surface area (TPSA) is 20.3 Å². The molecule has 40 heavy (non-hydrogen) atoms. The van der Waals surface area contributed by atoms with E-state index in [1.165, 1.54) is 60.8 Å². The molecule has 0 radical (unpaired) electrons. The number of anilines is 1. The van der Waals surface area contributed by atoms with E-state index in [2.05, 4.69) is 90.5 Å². The zero-order valence-corrected chi connectivity index (χ0v) is 24.3. The second-order valence-electron chi connectivity index (χ2n) is 13.0. The highest BCUT2D eigenvalue weighted by molar-refractivity contribution is 7.80. The standard InChI is InChI=1S/C37H38NOP/c1-37-21-10-16-34(37)30-19-18-27-23-36-33(24-32(27)29(30)20-22-37)31-15-8-9-17-35(31)38(25-26-11-4-2-5-12-26)40(36,39)28-13-6-3-7-14-28/h2-9,11-15,17,23-24,29-30,34H,10,16,18-22,25H2,1H3/t29-,30+,34-,37-,40-/m0/s1. The Kier molecular flexibility index (Phi) is 5.69. The largest absolute Gasteiger partial charge is 0.311 e. The van der Waals surface area contributed by atoms with Crippen LogP contribution in [0, 0.1) is 17.3 Å². The number of aryl methyl sites for hydroxylation is 1. The molecule has 0 saturated heterocycles. The van der Waals surface area contributed by atoms with Crippen LogP contribution in [-0.2, 0) is 17.5 Å². The minimum Gasteiger partial charge on any atom is -0.311 e. The van der Waals surface area contributed by atoms with Crippen LogP contribution in [0.1, 0.15) is 68.1 Å². The van der Waals surface area contributed by atoms with Crippen molar-refractivity contribution in [3.8, 4) is 11.1 Å². The number of nitrogens with zero attached hydrogens (tertiary/aromatic N) is 1. The molecular weight excluding hydrogens is 505 g/mol. The first-order valence-electron chi connectivity index (χ1n) is 15.3. The highest BCUT2D eigenvalue weighted by Gasteiger charge is 2.51. The summed E-state index contributed by atoms with van der Waals surface area (Å²) in [6, 6.07) is 34.4. The van der Waals surface area contributed by atoms with Gasteiger partial charge in [0, 0.05) is 16.2 Å². The molecule has 8 rings (SSSR count). The van der Waals surface area contributed by atoms with Gasteiger partial charge in [0.05, 0.1) is 12.2 Å².